The van der Waals surface area contributed by atoms with Gasteiger partial charge in [-0.15, -0.1) is 0 Å². The van der Waals surface area contributed by atoms with Gasteiger partial charge in [0, 0.05) is 43.5 Å². The topological polar surface area (TPSA) is 118 Å². The molecule has 3 aliphatic heterocycles. The minimum atomic E-state index is -0.559. The molecule has 4 heterocycles. The van der Waals surface area contributed by atoms with Crippen molar-refractivity contribution in [3.05, 3.63) is 47.6 Å². The number of amides is 3. The van der Waals surface area contributed by atoms with Gasteiger partial charge in [-0.3, -0.25) is 19.4 Å². The maximum atomic E-state index is 13.3. The highest BCUT2D eigenvalue weighted by atomic mass is 16.3. The van der Waals surface area contributed by atoms with Gasteiger partial charge in [0.25, 0.3) is 17.7 Å². The summed E-state index contributed by atoms with van der Waals surface area (Å²) in [4.78, 5) is 46.8. The molecule has 0 aromatic carbocycles. The van der Waals surface area contributed by atoms with Crippen LogP contribution in [-0.4, -0.2) is 69.1 Å². The number of fused-ring (bicyclic) bond motifs is 2. The number of aromatic nitrogens is 1. The van der Waals surface area contributed by atoms with Crippen LogP contribution in [0.2, 0.25) is 0 Å². The molecule has 5 rings (SSSR count). The molecule has 10 heteroatoms. The molecule has 1 saturated heterocycles. The largest absolute Gasteiger partial charge is 0.494 e. The summed E-state index contributed by atoms with van der Waals surface area (Å²) < 4.78 is 0. The summed E-state index contributed by atoms with van der Waals surface area (Å²) in [7, 11) is 0. The van der Waals surface area contributed by atoms with Crippen LogP contribution in [0.1, 0.15) is 39.2 Å². The van der Waals surface area contributed by atoms with E-state index in [0.717, 1.165) is 30.5 Å². The van der Waals surface area contributed by atoms with E-state index in [0.29, 0.717) is 13.1 Å². The first-order valence-corrected chi connectivity index (χ1v) is 12.3. The van der Waals surface area contributed by atoms with E-state index in [9.17, 15) is 19.5 Å². The summed E-state index contributed by atoms with van der Waals surface area (Å²) in [6.45, 7) is 6.99. The first-order chi connectivity index (χ1) is 16.8. The number of nitrogens with zero attached hydrogens (tertiary/aromatic N) is 4. The highest BCUT2D eigenvalue weighted by Gasteiger charge is 2.51. The fourth-order valence-electron chi connectivity index (χ4n) is 5.10. The van der Waals surface area contributed by atoms with Crippen LogP contribution in [-0.2, 0) is 20.8 Å². The number of aliphatic hydroxyl groups is 1. The quantitative estimate of drug-likeness (QED) is 0.414. The van der Waals surface area contributed by atoms with E-state index >= 15 is 0 Å². The van der Waals surface area contributed by atoms with Gasteiger partial charge in [-0.2, -0.15) is 0 Å². The standard InChI is InChI=1S/C25H32N6O4/c1-14(2)13-30-23-18(6-7-20(32)29-11-9-16-12-26-10-8-19(16)29)15(3)28-31(23)25(35)21(24(30)34)22(33)27-17-4-5-17/h6-8,10,12,14-15,17-18,23,28,34H,4-5,9,11,13H2,1-3H3,(H,27,33)/b7-6+. The van der Waals surface area contributed by atoms with Gasteiger partial charge in [-0.25, -0.2) is 10.4 Å². The summed E-state index contributed by atoms with van der Waals surface area (Å²) in [5.41, 5.74) is 4.85. The Kier molecular flexibility index (Phi) is 6.00. The Bertz CT molecular complexity index is 1110. The monoisotopic (exact) mass is 480 g/mol. The van der Waals surface area contributed by atoms with E-state index in [1.807, 2.05) is 32.9 Å². The van der Waals surface area contributed by atoms with E-state index < -0.39 is 18.0 Å². The lowest BCUT2D eigenvalue weighted by Crippen LogP contribution is -2.59. The van der Waals surface area contributed by atoms with Crippen molar-refractivity contribution >= 4 is 23.4 Å². The molecule has 0 radical (unpaired) electrons. The Labute approximate surface area is 204 Å². The van der Waals surface area contributed by atoms with Crippen molar-refractivity contribution in [2.24, 2.45) is 11.8 Å². The molecule has 1 aromatic heterocycles. The van der Waals surface area contributed by atoms with Crippen molar-refractivity contribution in [2.75, 3.05) is 18.0 Å². The summed E-state index contributed by atoms with van der Waals surface area (Å²) >= 11 is 0. The van der Waals surface area contributed by atoms with Gasteiger partial charge in [0.05, 0.1) is 5.69 Å². The predicted molar refractivity (Wildman–Crippen MR) is 129 cm³/mol. The molecule has 1 aliphatic carbocycles. The second-order valence-electron chi connectivity index (χ2n) is 10.2. The molecule has 10 nitrogen and oxygen atoms in total. The molecule has 3 N–H and O–H groups in total. The summed E-state index contributed by atoms with van der Waals surface area (Å²) in [6.07, 6.45) is 8.80. The van der Waals surface area contributed by atoms with Crippen molar-refractivity contribution < 1.29 is 19.5 Å². The van der Waals surface area contributed by atoms with Crippen LogP contribution in [0.3, 0.4) is 0 Å². The fourth-order valence-corrected chi connectivity index (χ4v) is 5.10. The number of pyridine rings is 1. The minimum absolute atomic E-state index is 0.0607. The lowest BCUT2D eigenvalue weighted by Gasteiger charge is -2.42. The Morgan fingerprint density at radius 2 is 2.11 bits per heavy atom. The summed E-state index contributed by atoms with van der Waals surface area (Å²) in [5.74, 6) is -1.66. The van der Waals surface area contributed by atoms with Crippen LogP contribution in [0.4, 0.5) is 5.69 Å². The third-order valence-electron chi connectivity index (χ3n) is 6.98. The van der Waals surface area contributed by atoms with Gasteiger partial charge in [0.15, 0.2) is 5.57 Å². The molecule has 0 bridgehead atoms. The Morgan fingerprint density at radius 3 is 2.83 bits per heavy atom. The number of hydrazine groups is 1. The van der Waals surface area contributed by atoms with Gasteiger partial charge < -0.3 is 20.2 Å². The minimum Gasteiger partial charge on any atom is -0.494 e. The third kappa shape index (κ3) is 4.27. The molecule has 35 heavy (non-hydrogen) atoms. The average molecular weight is 481 g/mol. The Balaban J connectivity index is 1.42. The fraction of sp³-hybridized carbons (Fsp3) is 0.520. The van der Waals surface area contributed by atoms with Crippen molar-refractivity contribution in [2.45, 2.75) is 58.3 Å². The summed E-state index contributed by atoms with van der Waals surface area (Å²) in [5, 5.41) is 15.4. The Morgan fingerprint density at radius 1 is 1.34 bits per heavy atom. The smallest absolute Gasteiger partial charge is 0.280 e. The van der Waals surface area contributed by atoms with Crippen LogP contribution in [0.25, 0.3) is 0 Å². The van der Waals surface area contributed by atoms with Gasteiger partial charge in [-0.1, -0.05) is 19.9 Å². The number of carbonyl (C=O) groups is 3. The maximum Gasteiger partial charge on any atom is 0.280 e. The van der Waals surface area contributed by atoms with Crippen LogP contribution in [0.15, 0.2) is 42.1 Å². The molecule has 0 spiro atoms. The zero-order valence-corrected chi connectivity index (χ0v) is 20.3. The van der Waals surface area contributed by atoms with Crippen molar-refractivity contribution in [3.8, 4) is 0 Å². The molecule has 3 amide bonds. The van der Waals surface area contributed by atoms with E-state index in [2.05, 4.69) is 15.7 Å². The van der Waals surface area contributed by atoms with Crippen molar-refractivity contribution in [1.29, 1.82) is 0 Å². The lowest BCUT2D eigenvalue weighted by molar-refractivity contribution is -0.142. The maximum absolute atomic E-state index is 13.3. The first kappa shape index (κ1) is 23.3. The number of rotatable bonds is 6. The van der Waals surface area contributed by atoms with E-state index in [1.54, 1.807) is 28.3 Å². The van der Waals surface area contributed by atoms with E-state index in [-0.39, 0.29) is 41.3 Å². The number of anilines is 1. The predicted octanol–water partition coefficient (Wildman–Crippen LogP) is 1.22. The zero-order valence-electron chi connectivity index (χ0n) is 20.3. The van der Waals surface area contributed by atoms with E-state index in [1.165, 1.54) is 5.01 Å². The number of nitrogens with one attached hydrogen (secondary N) is 2. The molecule has 3 atom stereocenters. The highest BCUT2D eigenvalue weighted by Crippen LogP contribution is 2.35. The van der Waals surface area contributed by atoms with Crippen LogP contribution in [0, 0.1) is 11.8 Å². The summed E-state index contributed by atoms with van der Waals surface area (Å²) in [6, 6.07) is 1.71. The average Bonchev–Trinajstić information content (AvgIpc) is 3.41. The SMILES string of the molecule is CC(C)CN1C(O)=C(C(=O)NC2CC2)C(=O)N2NC(C)C(/C=C/C(=O)N3CCc4cnccc43)C12. The van der Waals surface area contributed by atoms with Crippen LogP contribution >= 0.6 is 0 Å². The Hall–Kier alpha value is -3.40. The van der Waals surface area contributed by atoms with Crippen LogP contribution < -0.4 is 15.6 Å². The van der Waals surface area contributed by atoms with Crippen molar-refractivity contribution in [3.63, 3.8) is 0 Å². The molecule has 2 fully saturated rings. The molecule has 186 valence electrons. The van der Waals surface area contributed by atoms with Crippen LogP contribution in [0.5, 0.6) is 0 Å². The van der Waals surface area contributed by atoms with Gasteiger partial charge in [-0.05, 0) is 49.8 Å². The number of hydrogen-bond donors (Lipinski definition) is 3. The number of hydrogen-bond acceptors (Lipinski definition) is 7. The second kappa shape index (κ2) is 8.99. The molecular formula is C25H32N6O4. The highest BCUT2D eigenvalue weighted by molar-refractivity contribution is 6.19. The van der Waals surface area contributed by atoms with E-state index in [4.69, 9.17) is 0 Å². The van der Waals surface area contributed by atoms with Gasteiger partial charge in [0.1, 0.15) is 6.17 Å². The third-order valence-corrected chi connectivity index (χ3v) is 6.98. The second-order valence-corrected chi connectivity index (χ2v) is 10.2. The van der Waals surface area contributed by atoms with Crippen molar-refractivity contribution in [1.82, 2.24) is 25.6 Å². The van der Waals surface area contributed by atoms with Gasteiger partial charge in [0.2, 0.25) is 5.88 Å². The molecule has 3 unspecified atom stereocenters. The molecule has 1 saturated carbocycles. The number of aliphatic hydroxyl groups excluding tert-OH is 1. The molecule has 4 aliphatic rings. The first-order valence-electron chi connectivity index (χ1n) is 12.3. The lowest BCUT2D eigenvalue weighted by atomic mass is 9.95. The normalized spacial score (nSPS) is 26.1. The molecule has 1 aromatic rings. The zero-order chi connectivity index (χ0) is 24.9. The van der Waals surface area contributed by atoms with Gasteiger partial charge >= 0.3 is 0 Å². The number of carbonyl (C=O) groups excluding carboxylic acids is 3. The molecular weight excluding hydrogens is 448 g/mol.